The molecule has 3 nitrogen and oxygen atoms in total. The van der Waals surface area contributed by atoms with Gasteiger partial charge in [-0.3, -0.25) is 0 Å². The molecular weight excluding hydrogens is 238 g/mol. The van der Waals surface area contributed by atoms with Crippen molar-refractivity contribution in [2.24, 2.45) is 0 Å². The lowest BCUT2D eigenvalue weighted by atomic mass is 9.97. The van der Waals surface area contributed by atoms with Gasteiger partial charge in [-0.05, 0) is 30.9 Å². The van der Waals surface area contributed by atoms with Crippen molar-refractivity contribution in [2.45, 2.75) is 44.8 Å². The first-order chi connectivity index (χ1) is 9.12. The van der Waals surface area contributed by atoms with E-state index in [4.69, 9.17) is 4.74 Å². The first-order valence-electron chi connectivity index (χ1n) is 7.25. The second-order valence-corrected chi connectivity index (χ2v) is 5.69. The Hall–Kier alpha value is -0.900. The fraction of sp³-hybridized carbons (Fsp3) is 0.625. The molecule has 0 saturated heterocycles. The van der Waals surface area contributed by atoms with Crippen molar-refractivity contribution in [3.63, 3.8) is 0 Å². The van der Waals surface area contributed by atoms with Gasteiger partial charge in [0.25, 0.3) is 0 Å². The van der Waals surface area contributed by atoms with Crippen LogP contribution in [-0.4, -0.2) is 30.4 Å². The lowest BCUT2D eigenvalue weighted by molar-refractivity contribution is 0.0249. The van der Waals surface area contributed by atoms with Crippen LogP contribution in [0.2, 0.25) is 0 Å². The van der Waals surface area contributed by atoms with Crippen molar-refractivity contribution in [3.05, 3.63) is 35.4 Å². The topological polar surface area (TPSA) is 41.5 Å². The van der Waals surface area contributed by atoms with Gasteiger partial charge in [0, 0.05) is 13.1 Å². The van der Waals surface area contributed by atoms with Crippen molar-refractivity contribution in [2.75, 3.05) is 19.7 Å². The second kappa shape index (κ2) is 6.51. The van der Waals surface area contributed by atoms with Crippen LogP contribution >= 0.6 is 0 Å². The van der Waals surface area contributed by atoms with Crippen LogP contribution in [0.5, 0.6) is 0 Å². The Labute approximate surface area is 116 Å². The molecule has 2 atom stereocenters. The van der Waals surface area contributed by atoms with E-state index >= 15 is 0 Å². The fourth-order valence-electron chi connectivity index (χ4n) is 2.75. The van der Waals surface area contributed by atoms with Crippen molar-refractivity contribution in [1.29, 1.82) is 0 Å². The predicted octanol–water partition coefficient (Wildman–Crippen LogP) is 2.44. The van der Waals surface area contributed by atoms with E-state index in [1.54, 1.807) is 0 Å². The van der Waals surface area contributed by atoms with Crippen molar-refractivity contribution in [3.8, 4) is 0 Å². The largest absolute Gasteiger partial charge is 0.389 e. The van der Waals surface area contributed by atoms with Crippen LogP contribution in [0.1, 0.15) is 43.9 Å². The highest BCUT2D eigenvalue weighted by molar-refractivity contribution is 5.31. The third-order valence-corrected chi connectivity index (χ3v) is 3.72. The van der Waals surface area contributed by atoms with E-state index in [1.807, 2.05) is 6.92 Å². The molecule has 2 rings (SSSR count). The van der Waals surface area contributed by atoms with Gasteiger partial charge in [0.2, 0.25) is 0 Å². The van der Waals surface area contributed by atoms with Gasteiger partial charge < -0.3 is 15.2 Å². The van der Waals surface area contributed by atoms with E-state index in [-0.39, 0.29) is 6.10 Å². The van der Waals surface area contributed by atoms with Crippen LogP contribution in [0.3, 0.4) is 0 Å². The van der Waals surface area contributed by atoms with Crippen LogP contribution in [0, 0.1) is 0 Å². The molecule has 0 bridgehead atoms. The molecule has 3 heteroatoms. The summed E-state index contributed by atoms with van der Waals surface area (Å²) in [5, 5.41) is 13.5. The molecule has 0 spiro atoms. The zero-order chi connectivity index (χ0) is 13.7. The number of fused-ring (bicyclic) bond motifs is 1. The summed E-state index contributed by atoms with van der Waals surface area (Å²) in [6.45, 7) is 6.14. The summed E-state index contributed by atoms with van der Waals surface area (Å²) in [7, 11) is 0. The molecule has 1 aromatic rings. The molecule has 19 heavy (non-hydrogen) atoms. The molecule has 0 amide bonds. The van der Waals surface area contributed by atoms with E-state index in [1.165, 1.54) is 11.1 Å². The molecule has 1 heterocycles. The fourth-order valence-corrected chi connectivity index (χ4v) is 2.75. The monoisotopic (exact) mass is 263 g/mol. The summed E-state index contributed by atoms with van der Waals surface area (Å²) >= 11 is 0. The van der Waals surface area contributed by atoms with Gasteiger partial charge in [0.1, 0.15) is 0 Å². The number of aliphatic hydroxyl groups is 1. The van der Waals surface area contributed by atoms with Crippen LogP contribution in [0.4, 0.5) is 0 Å². The maximum Gasteiger partial charge on any atom is 0.0952 e. The zero-order valence-electron chi connectivity index (χ0n) is 12.0. The summed E-state index contributed by atoms with van der Waals surface area (Å²) < 4.78 is 5.83. The average molecular weight is 263 g/mol. The smallest absolute Gasteiger partial charge is 0.0952 e. The minimum Gasteiger partial charge on any atom is -0.389 e. The minimum atomic E-state index is -0.622. The average Bonchev–Trinajstić information content (AvgIpc) is 2.39. The van der Waals surface area contributed by atoms with Gasteiger partial charge >= 0.3 is 0 Å². The zero-order valence-corrected chi connectivity index (χ0v) is 12.0. The molecule has 2 N–H and O–H groups in total. The van der Waals surface area contributed by atoms with E-state index in [0.29, 0.717) is 6.54 Å². The molecule has 0 radical (unpaired) electrons. The molecular formula is C16H25NO2. The van der Waals surface area contributed by atoms with E-state index in [0.717, 1.165) is 32.4 Å². The Kier molecular flexibility index (Phi) is 4.97. The maximum absolute atomic E-state index is 10.1. The SMILES string of the molecule is CCCC(C)(O)CNCC1OCCc2ccccc21. The molecule has 1 aliphatic rings. The predicted molar refractivity (Wildman–Crippen MR) is 77.2 cm³/mol. The van der Waals surface area contributed by atoms with Crippen LogP contribution in [0.15, 0.2) is 24.3 Å². The molecule has 2 unspecified atom stereocenters. The van der Waals surface area contributed by atoms with E-state index in [9.17, 15) is 5.11 Å². The Morgan fingerprint density at radius 1 is 1.42 bits per heavy atom. The molecule has 0 fully saturated rings. The highest BCUT2D eigenvalue weighted by atomic mass is 16.5. The van der Waals surface area contributed by atoms with Gasteiger partial charge in [-0.1, -0.05) is 37.6 Å². The third kappa shape index (κ3) is 4.03. The quantitative estimate of drug-likeness (QED) is 0.828. The van der Waals surface area contributed by atoms with Gasteiger partial charge in [-0.2, -0.15) is 0 Å². The van der Waals surface area contributed by atoms with Crippen molar-refractivity contribution < 1.29 is 9.84 Å². The molecule has 106 valence electrons. The number of ether oxygens (including phenoxy) is 1. The highest BCUT2D eigenvalue weighted by Crippen LogP contribution is 2.26. The Morgan fingerprint density at radius 3 is 3.00 bits per heavy atom. The maximum atomic E-state index is 10.1. The Bertz CT molecular complexity index is 403. The first-order valence-corrected chi connectivity index (χ1v) is 7.25. The minimum absolute atomic E-state index is 0.113. The lowest BCUT2D eigenvalue weighted by Gasteiger charge is -2.28. The summed E-state index contributed by atoms with van der Waals surface area (Å²) in [4.78, 5) is 0. The lowest BCUT2D eigenvalue weighted by Crippen LogP contribution is -2.40. The second-order valence-electron chi connectivity index (χ2n) is 5.69. The number of rotatable bonds is 6. The van der Waals surface area contributed by atoms with Crippen LogP contribution < -0.4 is 5.32 Å². The van der Waals surface area contributed by atoms with Crippen LogP contribution in [0.25, 0.3) is 0 Å². The standard InChI is InChI=1S/C16H25NO2/c1-3-9-16(2,18)12-17-11-15-14-7-5-4-6-13(14)8-10-19-15/h4-7,15,17-18H,3,8-12H2,1-2H3. The molecule has 0 aromatic heterocycles. The van der Waals surface area contributed by atoms with E-state index < -0.39 is 5.60 Å². The number of nitrogens with one attached hydrogen (secondary N) is 1. The van der Waals surface area contributed by atoms with Crippen molar-refractivity contribution >= 4 is 0 Å². The molecule has 0 aliphatic carbocycles. The van der Waals surface area contributed by atoms with Gasteiger partial charge in [0.15, 0.2) is 0 Å². The summed E-state index contributed by atoms with van der Waals surface area (Å²) in [6, 6.07) is 8.47. The molecule has 0 saturated carbocycles. The van der Waals surface area contributed by atoms with Crippen molar-refractivity contribution in [1.82, 2.24) is 5.32 Å². The van der Waals surface area contributed by atoms with Crippen LogP contribution in [-0.2, 0) is 11.2 Å². The summed E-state index contributed by atoms with van der Waals surface area (Å²) in [5.74, 6) is 0. The molecule has 1 aliphatic heterocycles. The Morgan fingerprint density at radius 2 is 2.21 bits per heavy atom. The molecule has 1 aromatic carbocycles. The first kappa shape index (κ1) is 14.5. The number of benzene rings is 1. The number of hydrogen-bond acceptors (Lipinski definition) is 3. The summed E-state index contributed by atoms with van der Waals surface area (Å²) in [5.41, 5.74) is 2.06. The van der Waals surface area contributed by atoms with E-state index in [2.05, 4.69) is 36.5 Å². The van der Waals surface area contributed by atoms with Gasteiger partial charge in [-0.25, -0.2) is 0 Å². The van der Waals surface area contributed by atoms with Gasteiger partial charge in [-0.15, -0.1) is 0 Å². The third-order valence-electron chi connectivity index (χ3n) is 3.72. The Balaban J connectivity index is 1.88. The number of hydrogen-bond donors (Lipinski definition) is 2. The summed E-state index contributed by atoms with van der Waals surface area (Å²) in [6.07, 6.45) is 2.93. The highest BCUT2D eigenvalue weighted by Gasteiger charge is 2.22. The normalized spacial score (nSPS) is 21.7. The van der Waals surface area contributed by atoms with Gasteiger partial charge in [0.05, 0.1) is 18.3 Å².